The minimum absolute atomic E-state index is 0.0319. The van der Waals surface area contributed by atoms with Gasteiger partial charge in [-0.05, 0) is 60.1 Å². The first-order chi connectivity index (χ1) is 15.4. The standard InChI is InChI=1S/C25H39N3O4S/c1-17(2)16-26-20-7-6-18(14-21(20)33(30,31)28-10-12-32-13-11-28)22(29)27-23-24(3,4)19-8-9-25(23,5)15-19/h6-7,14,17,19,23,26H,8-13,15-16H2,1-5H3,(H,27,29)/t19-,23?,25-/m1/s1. The van der Waals surface area contributed by atoms with Gasteiger partial charge in [0.25, 0.3) is 5.91 Å². The molecule has 1 amide bonds. The molecule has 3 fully saturated rings. The van der Waals surface area contributed by atoms with E-state index in [1.54, 1.807) is 18.2 Å². The number of hydrogen-bond acceptors (Lipinski definition) is 5. The highest BCUT2D eigenvalue weighted by atomic mass is 32.2. The van der Waals surface area contributed by atoms with Gasteiger partial charge in [-0.3, -0.25) is 4.79 Å². The summed E-state index contributed by atoms with van der Waals surface area (Å²) in [6.07, 6.45) is 3.48. The van der Waals surface area contributed by atoms with Crippen LogP contribution in [0.5, 0.6) is 0 Å². The molecule has 4 rings (SSSR count). The van der Waals surface area contributed by atoms with E-state index >= 15 is 0 Å². The van der Waals surface area contributed by atoms with Crippen LogP contribution in [0.4, 0.5) is 5.69 Å². The Morgan fingerprint density at radius 3 is 2.52 bits per heavy atom. The van der Waals surface area contributed by atoms with Crippen molar-refractivity contribution in [1.82, 2.24) is 9.62 Å². The second kappa shape index (κ2) is 8.86. The molecule has 1 saturated heterocycles. The predicted molar refractivity (Wildman–Crippen MR) is 130 cm³/mol. The van der Waals surface area contributed by atoms with E-state index in [1.807, 2.05) is 0 Å². The summed E-state index contributed by atoms with van der Waals surface area (Å²) in [5, 5.41) is 6.57. The number of rotatable bonds is 7. The van der Waals surface area contributed by atoms with Crippen LogP contribution < -0.4 is 10.6 Å². The molecule has 1 aromatic carbocycles. The van der Waals surface area contributed by atoms with E-state index in [2.05, 4.69) is 45.3 Å². The Kier molecular flexibility index (Phi) is 6.57. The molecule has 7 nitrogen and oxygen atoms in total. The molecule has 3 atom stereocenters. The van der Waals surface area contributed by atoms with Crippen LogP contribution >= 0.6 is 0 Å². The van der Waals surface area contributed by atoms with Crippen molar-refractivity contribution in [1.29, 1.82) is 0 Å². The molecule has 8 heteroatoms. The molecule has 2 aliphatic carbocycles. The van der Waals surface area contributed by atoms with Gasteiger partial charge in [-0.1, -0.05) is 34.6 Å². The van der Waals surface area contributed by atoms with Crippen LogP contribution in [-0.4, -0.2) is 57.5 Å². The number of benzene rings is 1. The molecule has 3 aliphatic rings. The van der Waals surface area contributed by atoms with Crippen LogP contribution in [0.2, 0.25) is 0 Å². The predicted octanol–water partition coefficient (Wildman–Crippen LogP) is 3.72. The average molecular weight is 478 g/mol. The smallest absolute Gasteiger partial charge is 0.251 e. The lowest BCUT2D eigenvalue weighted by molar-refractivity contribution is 0.0729. The van der Waals surface area contributed by atoms with Crippen molar-refractivity contribution in [3.05, 3.63) is 23.8 Å². The van der Waals surface area contributed by atoms with Crippen molar-refractivity contribution in [2.45, 2.75) is 64.8 Å². The Labute approximate surface area is 198 Å². The third-order valence-corrected chi connectivity index (χ3v) is 10.0. The van der Waals surface area contributed by atoms with E-state index in [0.29, 0.717) is 55.9 Å². The van der Waals surface area contributed by atoms with Crippen molar-refractivity contribution in [3.8, 4) is 0 Å². The second-order valence-corrected chi connectivity index (χ2v) is 13.2. The zero-order valence-electron chi connectivity index (χ0n) is 20.6. The lowest BCUT2D eigenvalue weighted by Gasteiger charge is -2.43. The Bertz CT molecular complexity index is 996. The first-order valence-corrected chi connectivity index (χ1v) is 13.7. The normalized spacial score (nSPS) is 29.4. The van der Waals surface area contributed by atoms with Crippen LogP contribution in [0.25, 0.3) is 0 Å². The van der Waals surface area contributed by atoms with Crippen molar-refractivity contribution < 1.29 is 17.9 Å². The number of carbonyl (C=O) groups excluding carboxylic acids is 1. The van der Waals surface area contributed by atoms with E-state index in [-0.39, 0.29) is 27.7 Å². The summed E-state index contributed by atoms with van der Waals surface area (Å²) >= 11 is 0. The fraction of sp³-hybridized carbons (Fsp3) is 0.720. The summed E-state index contributed by atoms with van der Waals surface area (Å²) in [5.74, 6) is 0.774. The van der Waals surface area contributed by atoms with Crippen LogP contribution in [0, 0.1) is 22.7 Å². The van der Waals surface area contributed by atoms with E-state index in [1.165, 1.54) is 10.7 Å². The number of morpholine rings is 1. The summed E-state index contributed by atoms with van der Waals surface area (Å²) in [6.45, 7) is 13.0. The van der Waals surface area contributed by atoms with Gasteiger partial charge in [0.05, 0.1) is 18.9 Å². The summed E-state index contributed by atoms with van der Waals surface area (Å²) in [6, 6.07) is 5.09. The van der Waals surface area contributed by atoms with Crippen LogP contribution in [0.15, 0.2) is 23.1 Å². The summed E-state index contributed by atoms with van der Waals surface area (Å²) < 4.78 is 33.9. The van der Waals surface area contributed by atoms with E-state index < -0.39 is 10.0 Å². The maximum Gasteiger partial charge on any atom is 0.251 e. The zero-order chi connectivity index (χ0) is 24.0. The average Bonchev–Trinajstić information content (AvgIpc) is 3.26. The quantitative estimate of drug-likeness (QED) is 0.625. The second-order valence-electron chi connectivity index (χ2n) is 11.3. The Morgan fingerprint density at radius 1 is 1.21 bits per heavy atom. The summed E-state index contributed by atoms with van der Waals surface area (Å²) in [5.41, 5.74) is 1.06. The fourth-order valence-corrected chi connectivity index (χ4v) is 7.74. The Balaban J connectivity index is 1.64. The monoisotopic (exact) mass is 477 g/mol. The van der Waals surface area contributed by atoms with Gasteiger partial charge in [-0.2, -0.15) is 4.31 Å². The van der Waals surface area contributed by atoms with E-state index in [9.17, 15) is 13.2 Å². The first kappa shape index (κ1) is 24.5. The topological polar surface area (TPSA) is 87.7 Å². The summed E-state index contributed by atoms with van der Waals surface area (Å²) in [4.78, 5) is 13.5. The minimum Gasteiger partial charge on any atom is -0.384 e. The molecule has 2 N–H and O–H groups in total. The molecular formula is C25H39N3O4S. The number of sulfonamides is 1. The van der Waals surface area contributed by atoms with Crippen LogP contribution in [0.3, 0.4) is 0 Å². The zero-order valence-corrected chi connectivity index (χ0v) is 21.4. The van der Waals surface area contributed by atoms with Gasteiger partial charge in [-0.15, -0.1) is 0 Å². The highest BCUT2D eigenvalue weighted by Crippen LogP contribution is 2.62. The Morgan fingerprint density at radius 2 is 1.91 bits per heavy atom. The lowest BCUT2D eigenvalue weighted by Crippen LogP contribution is -2.52. The molecule has 1 unspecified atom stereocenters. The highest BCUT2D eigenvalue weighted by molar-refractivity contribution is 7.89. The SMILES string of the molecule is CC(C)CNc1ccc(C(=O)NC2C(C)(C)[C@@H]3CC[C@]2(C)C3)cc1S(=O)(=O)N1CCOCC1. The molecule has 1 aliphatic heterocycles. The van der Waals surface area contributed by atoms with Crippen molar-refractivity contribution in [3.63, 3.8) is 0 Å². The molecule has 2 saturated carbocycles. The summed E-state index contributed by atoms with van der Waals surface area (Å²) in [7, 11) is -3.76. The highest BCUT2D eigenvalue weighted by Gasteiger charge is 2.59. The lowest BCUT2D eigenvalue weighted by atomic mass is 9.68. The molecule has 0 radical (unpaired) electrons. The number of nitrogens with zero attached hydrogens (tertiary/aromatic N) is 1. The van der Waals surface area contributed by atoms with Gasteiger partial charge in [0, 0.05) is 31.2 Å². The van der Waals surface area contributed by atoms with Crippen molar-refractivity contribution in [2.24, 2.45) is 22.7 Å². The minimum atomic E-state index is -3.76. The number of ether oxygens (including phenoxy) is 1. The fourth-order valence-electron chi connectivity index (χ4n) is 6.14. The van der Waals surface area contributed by atoms with Crippen LogP contribution in [0.1, 0.15) is 64.2 Å². The molecular weight excluding hydrogens is 438 g/mol. The van der Waals surface area contributed by atoms with Crippen molar-refractivity contribution in [2.75, 3.05) is 38.2 Å². The van der Waals surface area contributed by atoms with Gasteiger partial charge >= 0.3 is 0 Å². The number of carbonyl (C=O) groups is 1. The molecule has 2 bridgehead atoms. The maximum atomic E-state index is 13.5. The van der Waals surface area contributed by atoms with Gasteiger partial charge < -0.3 is 15.4 Å². The van der Waals surface area contributed by atoms with Crippen LogP contribution in [-0.2, 0) is 14.8 Å². The number of anilines is 1. The van der Waals surface area contributed by atoms with E-state index in [0.717, 1.165) is 12.8 Å². The molecule has 0 spiro atoms. The molecule has 1 heterocycles. The molecule has 1 aromatic rings. The van der Waals surface area contributed by atoms with Gasteiger partial charge in [0.15, 0.2) is 0 Å². The third kappa shape index (κ3) is 4.54. The van der Waals surface area contributed by atoms with Gasteiger partial charge in [0.1, 0.15) is 4.90 Å². The van der Waals surface area contributed by atoms with Gasteiger partial charge in [-0.25, -0.2) is 8.42 Å². The number of nitrogens with one attached hydrogen (secondary N) is 2. The van der Waals surface area contributed by atoms with Crippen molar-refractivity contribution >= 4 is 21.6 Å². The number of fused-ring (bicyclic) bond motifs is 2. The largest absolute Gasteiger partial charge is 0.384 e. The van der Waals surface area contributed by atoms with Gasteiger partial charge in [0.2, 0.25) is 10.0 Å². The number of amides is 1. The first-order valence-electron chi connectivity index (χ1n) is 12.2. The van der Waals surface area contributed by atoms with E-state index in [4.69, 9.17) is 4.74 Å². The Hall–Kier alpha value is -1.64. The molecule has 0 aromatic heterocycles. The molecule has 184 valence electrons. The number of hydrogen-bond donors (Lipinski definition) is 2. The third-order valence-electron chi connectivity index (χ3n) is 8.08. The maximum absolute atomic E-state index is 13.5. The molecule has 33 heavy (non-hydrogen) atoms.